The quantitative estimate of drug-likeness (QED) is 0.426. The van der Waals surface area contributed by atoms with E-state index in [0.717, 1.165) is 0 Å². The highest BCUT2D eigenvalue weighted by Crippen LogP contribution is 2.41. The van der Waals surface area contributed by atoms with E-state index in [0.29, 0.717) is 7.92 Å². The predicted octanol–water partition coefficient (Wildman–Crippen LogP) is 2.31. The Morgan fingerprint density at radius 1 is 1.30 bits per heavy atom. The van der Waals surface area contributed by atoms with E-state index in [1.807, 2.05) is 0 Å². The van der Waals surface area contributed by atoms with Crippen LogP contribution in [0, 0.1) is 0 Å². The Labute approximate surface area is 63.4 Å². The summed E-state index contributed by atoms with van der Waals surface area (Å²) in [5.74, 6) is 0. The zero-order valence-corrected chi connectivity index (χ0v) is 6.98. The van der Waals surface area contributed by atoms with Crippen molar-refractivity contribution < 1.29 is 0 Å². The van der Waals surface area contributed by atoms with Crippen molar-refractivity contribution in [2.75, 3.05) is 12.3 Å². The van der Waals surface area contributed by atoms with Gasteiger partial charge in [0.2, 0.25) is 0 Å². The molecule has 1 heteroatoms. The van der Waals surface area contributed by atoms with E-state index in [4.69, 9.17) is 0 Å². The highest BCUT2D eigenvalue weighted by molar-refractivity contribution is 7.65. The Balaban J connectivity index is 2.12. The van der Waals surface area contributed by atoms with Crippen molar-refractivity contribution in [2.45, 2.75) is 12.8 Å². The summed E-state index contributed by atoms with van der Waals surface area (Å²) in [7, 11) is 0.297. The normalized spacial score (nSPS) is 20.0. The Morgan fingerprint density at radius 3 is 2.70 bits per heavy atom. The zero-order chi connectivity index (χ0) is 6.81. The third-order valence-electron chi connectivity index (χ3n) is 2.12. The molecule has 2 rings (SSSR count). The van der Waals surface area contributed by atoms with Crippen molar-refractivity contribution in [1.29, 1.82) is 0 Å². The maximum absolute atomic E-state index is 2.29. The molecule has 1 fully saturated rings. The molecule has 0 amide bonds. The molecule has 0 aliphatic carbocycles. The van der Waals surface area contributed by atoms with E-state index >= 15 is 0 Å². The lowest BCUT2D eigenvalue weighted by atomic mass is 10.4. The lowest BCUT2D eigenvalue weighted by Gasteiger charge is -2.13. The average molecular weight is 151 g/mol. The molecule has 1 saturated heterocycles. The summed E-state index contributed by atoms with van der Waals surface area (Å²) in [6.45, 7) is 0. The molecule has 1 aliphatic rings. The minimum Gasteiger partial charge on any atom is -0.206 e. The molecule has 1 heterocycles. The summed E-state index contributed by atoms with van der Waals surface area (Å²) in [6, 6.07) is 8.90. The van der Waals surface area contributed by atoms with Gasteiger partial charge in [-0.15, -0.1) is 7.92 Å². The molecule has 0 aromatic heterocycles. The summed E-state index contributed by atoms with van der Waals surface area (Å²) in [5, 5.41) is 1.63. The minimum absolute atomic E-state index is 0.297. The fraction of sp³-hybridized carbons (Fsp3) is 0.444. The second-order valence-corrected chi connectivity index (χ2v) is 5.33. The first-order valence-corrected chi connectivity index (χ1v) is 5.65. The smallest absolute Gasteiger partial charge is 0.0399 e. The van der Waals surface area contributed by atoms with Crippen LogP contribution in [0.25, 0.3) is 0 Å². The van der Waals surface area contributed by atoms with E-state index in [1.165, 1.54) is 25.2 Å². The van der Waals surface area contributed by atoms with Crippen LogP contribution in [0.15, 0.2) is 24.3 Å². The van der Waals surface area contributed by atoms with Gasteiger partial charge in [-0.2, -0.15) is 23.5 Å². The molecule has 1 aliphatic heterocycles. The van der Waals surface area contributed by atoms with Gasteiger partial charge in [-0.25, -0.2) is 6.07 Å². The van der Waals surface area contributed by atoms with Crippen LogP contribution in [0.5, 0.6) is 0 Å². The lowest BCUT2D eigenvalue weighted by Crippen LogP contribution is -1.95. The first-order valence-electron chi connectivity index (χ1n) is 3.93. The second-order valence-electron chi connectivity index (χ2n) is 2.84. The van der Waals surface area contributed by atoms with Gasteiger partial charge in [-0.1, -0.05) is 0 Å². The van der Waals surface area contributed by atoms with Crippen molar-refractivity contribution in [1.82, 2.24) is 0 Å². The SMILES string of the molecule is c1cc(P2CCCC2)c[cH-]1. The van der Waals surface area contributed by atoms with Crippen LogP contribution in [-0.4, -0.2) is 12.3 Å². The molecule has 54 valence electrons. The molecule has 0 radical (unpaired) electrons. The maximum atomic E-state index is 2.29. The molecular weight excluding hydrogens is 139 g/mol. The van der Waals surface area contributed by atoms with Crippen LogP contribution in [-0.2, 0) is 0 Å². The third-order valence-corrected chi connectivity index (χ3v) is 4.86. The molecule has 0 nitrogen and oxygen atoms in total. The van der Waals surface area contributed by atoms with Gasteiger partial charge in [-0.05, 0) is 25.2 Å². The van der Waals surface area contributed by atoms with Crippen LogP contribution in [0.4, 0.5) is 0 Å². The van der Waals surface area contributed by atoms with E-state index in [-0.39, 0.29) is 0 Å². The largest absolute Gasteiger partial charge is 0.206 e. The van der Waals surface area contributed by atoms with Gasteiger partial charge in [0, 0.05) is 0 Å². The van der Waals surface area contributed by atoms with Crippen LogP contribution in [0.1, 0.15) is 12.8 Å². The molecule has 0 atom stereocenters. The van der Waals surface area contributed by atoms with Crippen LogP contribution in [0.3, 0.4) is 0 Å². The van der Waals surface area contributed by atoms with Gasteiger partial charge in [0.25, 0.3) is 0 Å². The number of hydrogen-bond donors (Lipinski definition) is 0. The second kappa shape index (κ2) is 2.80. The average Bonchev–Trinajstić information content (AvgIpc) is 2.59. The molecule has 0 spiro atoms. The predicted molar refractivity (Wildman–Crippen MR) is 47.6 cm³/mol. The van der Waals surface area contributed by atoms with Gasteiger partial charge in [0.05, 0.1) is 0 Å². The van der Waals surface area contributed by atoms with Crippen molar-refractivity contribution in [3.05, 3.63) is 24.3 Å². The zero-order valence-electron chi connectivity index (χ0n) is 6.09. The first-order chi connectivity index (χ1) is 4.97. The molecule has 0 saturated carbocycles. The molecule has 0 bridgehead atoms. The molecular formula is C9H12P-. The molecule has 0 N–H and O–H groups in total. The van der Waals surface area contributed by atoms with Crippen LogP contribution in [0.2, 0.25) is 0 Å². The lowest BCUT2D eigenvalue weighted by molar-refractivity contribution is 0.949. The summed E-state index contributed by atoms with van der Waals surface area (Å²) < 4.78 is 0. The Morgan fingerprint density at radius 2 is 2.10 bits per heavy atom. The van der Waals surface area contributed by atoms with Crippen LogP contribution < -0.4 is 5.30 Å². The van der Waals surface area contributed by atoms with Gasteiger partial charge in [0.15, 0.2) is 0 Å². The van der Waals surface area contributed by atoms with Gasteiger partial charge in [-0.3, -0.25) is 0 Å². The molecule has 10 heavy (non-hydrogen) atoms. The Hall–Kier alpha value is -0.220. The Kier molecular flexibility index (Phi) is 1.82. The molecule has 0 unspecified atom stereocenters. The minimum atomic E-state index is 0.297. The number of hydrogen-bond acceptors (Lipinski definition) is 0. The van der Waals surface area contributed by atoms with E-state index in [9.17, 15) is 0 Å². The van der Waals surface area contributed by atoms with Gasteiger partial charge in [0.1, 0.15) is 0 Å². The van der Waals surface area contributed by atoms with E-state index in [2.05, 4.69) is 24.3 Å². The topological polar surface area (TPSA) is 0 Å². The monoisotopic (exact) mass is 151 g/mol. The summed E-state index contributed by atoms with van der Waals surface area (Å²) in [6.07, 6.45) is 5.91. The van der Waals surface area contributed by atoms with E-state index < -0.39 is 0 Å². The summed E-state index contributed by atoms with van der Waals surface area (Å²) in [4.78, 5) is 0. The maximum Gasteiger partial charge on any atom is -0.0399 e. The first kappa shape index (κ1) is 6.49. The van der Waals surface area contributed by atoms with Crippen molar-refractivity contribution in [3.8, 4) is 0 Å². The van der Waals surface area contributed by atoms with Crippen LogP contribution >= 0.6 is 7.92 Å². The molecule has 1 aromatic rings. The standard InChI is InChI=1S/C9H12P/c1-2-6-9(5-1)10-7-3-4-8-10/h1-2,5-6H,3-4,7-8H2/q-1. The fourth-order valence-corrected chi connectivity index (χ4v) is 4.09. The highest BCUT2D eigenvalue weighted by atomic mass is 31.1. The van der Waals surface area contributed by atoms with Gasteiger partial charge >= 0.3 is 0 Å². The summed E-state index contributed by atoms with van der Waals surface area (Å²) >= 11 is 0. The van der Waals surface area contributed by atoms with Crippen molar-refractivity contribution in [2.24, 2.45) is 0 Å². The highest BCUT2D eigenvalue weighted by Gasteiger charge is 2.10. The fourth-order valence-electron chi connectivity index (χ4n) is 1.55. The van der Waals surface area contributed by atoms with Crippen molar-refractivity contribution in [3.63, 3.8) is 0 Å². The van der Waals surface area contributed by atoms with Crippen molar-refractivity contribution >= 4 is 13.2 Å². The third kappa shape index (κ3) is 1.13. The summed E-state index contributed by atoms with van der Waals surface area (Å²) in [5.41, 5.74) is 0. The van der Waals surface area contributed by atoms with E-state index in [1.54, 1.807) is 5.30 Å². The van der Waals surface area contributed by atoms with Gasteiger partial charge < -0.3 is 0 Å². The number of rotatable bonds is 1. The Bertz CT molecular complexity index is 183. The molecule has 1 aromatic carbocycles.